The summed E-state index contributed by atoms with van der Waals surface area (Å²) in [4.78, 5) is 0. The molecule has 0 bridgehead atoms. The van der Waals surface area contributed by atoms with Crippen molar-refractivity contribution >= 4 is 11.6 Å². The molecule has 2 N–H and O–H groups in total. The Balaban J connectivity index is 2.56. The van der Waals surface area contributed by atoms with Crippen LogP contribution in [0.4, 0.5) is 0 Å². The molecule has 0 aliphatic carbocycles. The average molecular weight is 242 g/mol. The topological polar surface area (TPSA) is 32.3 Å². The molecule has 3 heteroatoms. The number of aliphatic hydroxyl groups is 1. The lowest BCUT2D eigenvalue weighted by molar-refractivity contribution is 0.154. The molecule has 1 aromatic rings. The van der Waals surface area contributed by atoms with Gasteiger partial charge < -0.3 is 10.4 Å². The first kappa shape index (κ1) is 13.5. The standard InChI is InChI=1S/C13H20ClNO/c1-10(15-8-13(2,3)9-16)11-5-4-6-12(14)7-11/h4-7,10,15-16H,8-9H2,1-3H3/t10-/m0/s1. The quantitative estimate of drug-likeness (QED) is 0.831. The van der Waals surface area contributed by atoms with Crippen molar-refractivity contribution < 1.29 is 5.11 Å². The monoisotopic (exact) mass is 241 g/mol. The van der Waals surface area contributed by atoms with E-state index in [9.17, 15) is 0 Å². The molecule has 16 heavy (non-hydrogen) atoms. The highest BCUT2D eigenvalue weighted by atomic mass is 35.5. The van der Waals surface area contributed by atoms with E-state index in [0.717, 1.165) is 11.6 Å². The van der Waals surface area contributed by atoms with E-state index in [1.807, 2.05) is 32.0 Å². The number of rotatable bonds is 5. The van der Waals surface area contributed by atoms with Crippen LogP contribution in [-0.4, -0.2) is 18.3 Å². The van der Waals surface area contributed by atoms with Crippen molar-refractivity contribution in [2.24, 2.45) is 5.41 Å². The molecule has 0 fully saturated rings. The zero-order chi connectivity index (χ0) is 12.2. The molecule has 0 radical (unpaired) electrons. The number of halogens is 1. The third-order valence-electron chi connectivity index (χ3n) is 2.66. The second-order valence-corrected chi connectivity index (χ2v) is 5.42. The van der Waals surface area contributed by atoms with Gasteiger partial charge in [0.25, 0.3) is 0 Å². The SMILES string of the molecule is C[C@H](NCC(C)(C)CO)c1cccc(Cl)c1. The second-order valence-electron chi connectivity index (χ2n) is 4.98. The summed E-state index contributed by atoms with van der Waals surface area (Å²) in [5.41, 5.74) is 1.08. The zero-order valence-electron chi connectivity index (χ0n) is 10.1. The second kappa shape index (κ2) is 5.67. The summed E-state index contributed by atoms with van der Waals surface area (Å²) in [6.45, 7) is 7.12. The fourth-order valence-electron chi connectivity index (χ4n) is 1.38. The lowest BCUT2D eigenvalue weighted by Gasteiger charge is -2.25. The Morgan fingerprint density at radius 2 is 2.12 bits per heavy atom. The summed E-state index contributed by atoms with van der Waals surface area (Å²) in [5, 5.41) is 13.3. The van der Waals surface area contributed by atoms with E-state index in [2.05, 4.69) is 18.3 Å². The minimum Gasteiger partial charge on any atom is -0.396 e. The first-order chi connectivity index (χ1) is 7.44. The first-order valence-corrected chi connectivity index (χ1v) is 5.92. The Hall–Kier alpha value is -0.570. The number of hydrogen-bond donors (Lipinski definition) is 2. The number of nitrogens with one attached hydrogen (secondary N) is 1. The van der Waals surface area contributed by atoms with Crippen molar-refractivity contribution in [2.75, 3.05) is 13.2 Å². The Morgan fingerprint density at radius 3 is 2.69 bits per heavy atom. The smallest absolute Gasteiger partial charge is 0.0494 e. The minimum atomic E-state index is -0.0904. The molecule has 0 aliphatic heterocycles. The molecule has 1 aromatic carbocycles. The van der Waals surface area contributed by atoms with Crippen molar-refractivity contribution in [1.82, 2.24) is 5.32 Å². The van der Waals surface area contributed by atoms with Gasteiger partial charge in [0.2, 0.25) is 0 Å². The van der Waals surface area contributed by atoms with Crippen LogP contribution in [0, 0.1) is 5.41 Å². The third kappa shape index (κ3) is 4.12. The van der Waals surface area contributed by atoms with Crippen LogP contribution in [0.15, 0.2) is 24.3 Å². The van der Waals surface area contributed by atoms with Gasteiger partial charge in [-0.3, -0.25) is 0 Å². The maximum Gasteiger partial charge on any atom is 0.0494 e. The fraction of sp³-hybridized carbons (Fsp3) is 0.538. The van der Waals surface area contributed by atoms with Gasteiger partial charge in [0, 0.05) is 29.6 Å². The Kier molecular flexibility index (Phi) is 4.78. The van der Waals surface area contributed by atoms with Gasteiger partial charge in [-0.25, -0.2) is 0 Å². The molecule has 0 saturated heterocycles. The van der Waals surface area contributed by atoms with Gasteiger partial charge in [-0.2, -0.15) is 0 Å². The fourth-order valence-corrected chi connectivity index (χ4v) is 1.58. The van der Waals surface area contributed by atoms with Crippen LogP contribution in [0.2, 0.25) is 5.02 Å². The molecule has 1 atom stereocenters. The molecule has 0 heterocycles. The number of aliphatic hydroxyl groups excluding tert-OH is 1. The maximum absolute atomic E-state index is 9.16. The molecular formula is C13H20ClNO. The minimum absolute atomic E-state index is 0.0904. The highest BCUT2D eigenvalue weighted by Crippen LogP contribution is 2.19. The maximum atomic E-state index is 9.16. The van der Waals surface area contributed by atoms with Gasteiger partial charge in [0.1, 0.15) is 0 Å². The molecule has 0 aliphatic rings. The van der Waals surface area contributed by atoms with Crippen LogP contribution < -0.4 is 5.32 Å². The molecule has 0 aromatic heterocycles. The van der Waals surface area contributed by atoms with Crippen LogP contribution >= 0.6 is 11.6 Å². The summed E-state index contributed by atoms with van der Waals surface area (Å²) < 4.78 is 0. The van der Waals surface area contributed by atoms with Gasteiger partial charge in [-0.1, -0.05) is 37.6 Å². The van der Waals surface area contributed by atoms with E-state index in [-0.39, 0.29) is 18.1 Å². The van der Waals surface area contributed by atoms with Crippen molar-refractivity contribution in [3.05, 3.63) is 34.9 Å². The van der Waals surface area contributed by atoms with Crippen LogP contribution in [-0.2, 0) is 0 Å². The van der Waals surface area contributed by atoms with E-state index >= 15 is 0 Å². The average Bonchev–Trinajstić information content (AvgIpc) is 2.26. The van der Waals surface area contributed by atoms with Gasteiger partial charge in [0.15, 0.2) is 0 Å². The van der Waals surface area contributed by atoms with Gasteiger partial charge in [-0.05, 0) is 24.6 Å². The van der Waals surface area contributed by atoms with E-state index in [1.165, 1.54) is 5.56 Å². The van der Waals surface area contributed by atoms with Crippen molar-refractivity contribution in [3.63, 3.8) is 0 Å². The van der Waals surface area contributed by atoms with Crippen molar-refractivity contribution in [1.29, 1.82) is 0 Å². The van der Waals surface area contributed by atoms with E-state index in [4.69, 9.17) is 16.7 Å². The molecule has 0 spiro atoms. The highest BCUT2D eigenvalue weighted by Gasteiger charge is 2.17. The summed E-state index contributed by atoms with van der Waals surface area (Å²) >= 11 is 5.94. The van der Waals surface area contributed by atoms with Gasteiger partial charge in [0.05, 0.1) is 0 Å². The lowest BCUT2D eigenvalue weighted by atomic mass is 9.94. The lowest BCUT2D eigenvalue weighted by Crippen LogP contribution is -2.33. The first-order valence-electron chi connectivity index (χ1n) is 5.54. The number of benzene rings is 1. The molecule has 0 unspecified atom stereocenters. The Morgan fingerprint density at radius 1 is 1.44 bits per heavy atom. The van der Waals surface area contributed by atoms with Gasteiger partial charge >= 0.3 is 0 Å². The Bertz CT molecular complexity index is 338. The highest BCUT2D eigenvalue weighted by molar-refractivity contribution is 6.30. The molecule has 90 valence electrons. The molecule has 1 rings (SSSR count). The van der Waals surface area contributed by atoms with Gasteiger partial charge in [-0.15, -0.1) is 0 Å². The molecule has 0 amide bonds. The summed E-state index contributed by atoms with van der Waals surface area (Å²) in [6, 6.07) is 8.08. The zero-order valence-corrected chi connectivity index (χ0v) is 10.9. The van der Waals surface area contributed by atoms with Crippen molar-refractivity contribution in [2.45, 2.75) is 26.8 Å². The van der Waals surface area contributed by atoms with Crippen molar-refractivity contribution in [3.8, 4) is 0 Å². The summed E-state index contributed by atoms with van der Waals surface area (Å²) in [5.74, 6) is 0. The molecule has 2 nitrogen and oxygen atoms in total. The van der Waals surface area contributed by atoms with Crippen LogP contribution in [0.3, 0.4) is 0 Å². The normalized spacial score (nSPS) is 13.8. The van der Waals surface area contributed by atoms with E-state index < -0.39 is 0 Å². The summed E-state index contributed by atoms with van der Waals surface area (Å²) in [7, 11) is 0. The molecular weight excluding hydrogens is 222 g/mol. The predicted molar refractivity (Wildman–Crippen MR) is 68.7 cm³/mol. The van der Waals surface area contributed by atoms with E-state index in [1.54, 1.807) is 0 Å². The summed E-state index contributed by atoms with van der Waals surface area (Å²) in [6.07, 6.45) is 0. The Labute approximate surface area is 103 Å². The number of hydrogen-bond acceptors (Lipinski definition) is 2. The molecule has 0 saturated carbocycles. The van der Waals surface area contributed by atoms with Crippen LogP contribution in [0.1, 0.15) is 32.4 Å². The predicted octanol–water partition coefficient (Wildman–Crippen LogP) is 3.01. The van der Waals surface area contributed by atoms with Crippen LogP contribution in [0.25, 0.3) is 0 Å². The largest absolute Gasteiger partial charge is 0.396 e. The third-order valence-corrected chi connectivity index (χ3v) is 2.90. The van der Waals surface area contributed by atoms with E-state index in [0.29, 0.717) is 0 Å². The van der Waals surface area contributed by atoms with Crippen LogP contribution in [0.5, 0.6) is 0 Å².